The maximum atomic E-state index is 13.5. The molecule has 2 aliphatic rings. The van der Waals surface area contributed by atoms with E-state index in [0.29, 0.717) is 11.6 Å². The van der Waals surface area contributed by atoms with Crippen LogP contribution in [0.1, 0.15) is 18.4 Å². The molecule has 1 N–H and O–H groups in total. The first kappa shape index (κ1) is 26.9. The Labute approximate surface area is 221 Å². The number of hydrogen-bond acceptors (Lipinski definition) is 5. The predicted octanol–water partition coefficient (Wildman–Crippen LogP) is 3.91. The summed E-state index contributed by atoms with van der Waals surface area (Å²) in [7, 11) is 1.47. The lowest BCUT2D eigenvalue weighted by Crippen LogP contribution is -2.39. The fourth-order valence-corrected chi connectivity index (χ4v) is 4.88. The lowest BCUT2D eigenvalue weighted by atomic mass is 10.1. The lowest BCUT2D eigenvalue weighted by molar-refractivity contribution is -0.136. The number of aromatic nitrogens is 4. The molecule has 8 nitrogen and oxygen atoms in total. The SMILES string of the molecule is Cl.Cn1c(=O)n(CC=Cc2ccc(Cl)cc2)c(=O)c2c1nc(N1CCC3CNC=C31)n2CCC(F)(F)F. The Morgan fingerprint density at radius 2 is 1.92 bits per heavy atom. The summed E-state index contributed by atoms with van der Waals surface area (Å²) in [5.74, 6) is 0.479. The minimum atomic E-state index is -4.42. The minimum Gasteiger partial charge on any atom is -0.389 e. The highest BCUT2D eigenvalue weighted by Crippen LogP contribution is 2.35. The summed E-state index contributed by atoms with van der Waals surface area (Å²) in [6.07, 6.45) is 0.497. The number of halogens is 5. The molecule has 2 aromatic heterocycles. The van der Waals surface area contributed by atoms with Crippen molar-refractivity contribution in [2.45, 2.75) is 32.1 Å². The molecule has 0 aliphatic carbocycles. The monoisotopic (exact) mass is 556 g/mol. The Morgan fingerprint density at radius 1 is 1.19 bits per heavy atom. The fraction of sp³-hybridized carbons (Fsp3) is 0.375. The Hall–Kier alpha value is -3.18. The number of anilines is 1. The van der Waals surface area contributed by atoms with E-state index in [4.69, 9.17) is 11.6 Å². The molecule has 13 heteroatoms. The quantitative estimate of drug-likeness (QED) is 0.498. The van der Waals surface area contributed by atoms with E-state index < -0.39 is 30.4 Å². The standard InChI is InChI=1S/C24H24ClF3N6O2.ClH/c1-31-20-19(21(35)34(23(31)36)10-2-3-15-4-6-17(25)7-5-15)33(12-9-24(26,27)28)22(30-20)32-11-8-16-13-29-14-18(16)32;/h2-7,14,16,29H,8-13H2,1H3;1H. The first-order chi connectivity index (χ1) is 17.1. The average molecular weight is 557 g/mol. The van der Waals surface area contributed by atoms with Gasteiger partial charge < -0.3 is 14.8 Å². The molecular formula is C24H25Cl2F3N6O2. The number of rotatable bonds is 6. The topological polar surface area (TPSA) is 77.1 Å². The summed E-state index contributed by atoms with van der Waals surface area (Å²) in [5.41, 5.74) is 0.520. The number of nitrogens with zero attached hydrogens (tertiary/aromatic N) is 5. The van der Waals surface area contributed by atoms with Crippen LogP contribution in [0.3, 0.4) is 0 Å². The minimum absolute atomic E-state index is 0. The van der Waals surface area contributed by atoms with Crippen molar-refractivity contribution < 1.29 is 13.2 Å². The van der Waals surface area contributed by atoms with Gasteiger partial charge in [-0.05, 0) is 24.1 Å². The Morgan fingerprint density at radius 3 is 2.62 bits per heavy atom. The molecule has 0 spiro atoms. The van der Waals surface area contributed by atoms with Gasteiger partial charge in [0.05, 0.1) is 6.42 Å². The number of aryl methyl sites for hydroxylation is 2. The van der Waals surface area contributed by atoms with Gasteiger partial charge in [0, 0.05) is 56.1 Å². The van der Waals surface area contributed by atoms with Crippen LogP contribution in [0.4, 0.5) is 19.1 Å². The Bertz CT molecular complexity index is 1490. The third-order valence-electron chi connectivity index (χ3n) is 6.59. The molecular weight excluding hydrogens is 532 g/mol. The number of hydrogen-bond donors (Lipinski definition) is 1. The van der Waals surface area contributed by atoms with E-state index in [1.54, 1.807) is 36.4 Å². The van der Waals surface area contributed by atoms with Gasteiger partial charge in [0.1, 0.15) is 0 Å². The molecule has 1 fully saturated rings. The molecule has 37 heavy (non-hydrogen) atoms. The van der Waals surface area contributed by atoms with Gasteiger partial charge in [-0.25, -0.2) is 4.79 Å². The average Bonchev–Trinajstić information content (AvgIpc) is 3.53. The number of alkyl halides is 3. The van der Waals surface area contributed by atoms with Gasteiger partial charge >= 0.3 is 11.9 Å². The van der Waals surface area contributed by atoms with Crippen molar-refractivity contribution >= 4 is 47.2 Å². The van der Waals surface area contributed by atoms with E-state index in [2.05, 4.69) is 10.3 Å². The number of imidazole rings is 1. The number of fused-ring (bicyclic) bond motifs is 2. The first-order valence-electron chi connectivity index (χ1n) is 11.5. The third kappa shape index (κ3) is 5.15. The van der Waals surface area contributed by atoms with Crippen molar-refractivity contribution in [1.29, 1.82) is 0 Å². The number of allylic oxidation sites excluding steroid dienone is 1. The number of nitrogens with one attached hydrogen (secondary N) is 1. The molecule has 1 saturated heterocycles. The van der Waals surface area contributed by atoms with Gasteiger partial charge in [-0.15, -0.1) is 12.4 Å². The molecule has 1 atom stereocenters. The van der Waals surface area contributed by atoms with E-state index in [1.165, 1.54) is 16.2 Å². The molecule has 3 aromatic rings. The second-order valence-corrected chi connectivity index (χ2v) is 9.36. The zero-order valence-corrected chi connectivity index (χ0v) is 21.4. The van der Waals surface area contributed by atoms with Gasteiger partial charge in [0.2, 0.25) is 5.95 Å². The van der Waals surface area contributed by atoms with Gasteiger partial charge in [-0.2, -0.15) is 18.2 Å². The van der Waals surface area contributed by atoms with Crippen molar-refractivity contribution in [3.63, 3.8) is 0 Å². The van der Waals surface area contributed by atoms with Crippen LogP contribution in [-0.2, 0) is 20.1 Å². The summed E-state index contributed by atoms with van der Waals surface area (Å²) >= 11 is 5.90. The summed E-state index contributed by atoms with van der Waals surface area (Å²) in [6, 6.07) is 7.02. The van der Waals surface area contributed by atoms with Crippen molar-refractivity contribution in [3.8, 4) is 0 Å². The second kappa shape index (κ2) is 10.3. The normalized spacial score (nSPS) is 17.3. The summed E-state index contributed by atoms with van der Waals surface area (Å²) in [4.78, 5) is 32.9. The van der Waals surface area contributed by atoms with Crippen molar-refractivity contribution in [1.82, 2.24) is 24.0 Å². The molecule has 0 saturated carbocycles. The zero-order chi connectivity index (χ0) is 25.6. The van der Waals surface area contributed by atoms with Crippen LogP contribution < -0.4 is 21.5 Å². The highest BCUT2D eigenvalue weighted by molar-refractivity contribution is 6.30. The lowest BCUT2D eigenvalue weighted by Gasteiger charge is -2.20. The molecule has 4 heterocycles. The van der Waals surface area contributed by atoms with Crippen LogP contribution in [0.5, 0.6) is 0 Å². The molecule has 198 valence electrons. The highest BCUT2D eigenvalue weighted by atomic mass is 35.5. The van der Waals surface area contributed by atoms with Crippen molar-refractivity contribution in [2.75, 3.05) is 18.0 Å². The Balaban J connectivity index is 0.00000320. The van der Waals surface area contributed by atoms with Gasteiger partial charge in [-0.1, -0.05) is 35.9 Å². The first-order valence-corrected chi connectivity index (χ1v) is 11.9. The van der Waals surface area contributed by atoms with Crippen LogP contribution in [0.2, 0.25) is 5.02 Å². The van der Waals surface area contributed by atoms with E-state index in [9.17, 15) is 22.8 Å². The predicted molar refractivity (Wildman–Crippen MR) is 139 cm³/mol. The summed E-state index contributed by atoms with van der Waals surface area (Å²) < 4.78 is 43.2. The largest absolute Gasteiger partial charge is 0.390 e. The van der Waals surface area contributed by atoms with Crippen molar-refractivity contribution in [2.24, 2.45) is 13.0 Å². The van der Waals surface area contributed by atoms with Crippen LogP contribution >= 0.6 is 24.0 Å². The maximum absolute atomic E-state index is 13.5. The van der Waals surface area contributed by atoms with Crippen LogP contribution in [-0.4, -0.2) is 38.0 Å². The maximum Gasteiger partial charge on any atom is 0.390 e. The van der Waals surface area contributed by atoms with Gasteiger partial charge in [0.15, 0.2) is 11.2 Å². The van der Waals surface area contributed by atoms with Gasteiger partial charge in [-0.3, -0.25) is 13.9 Å². The van der Waals surface area contributed by atoms with E-state index in [0.717, 1.165) is 28.8 Å². The van der Waals surface area contributed by atoms with Crippen LogP contribution in [0.15, 0.2) is 51.8 Å². The fourth-order valence-electron chi connectivity index (χ4n) is 4.75. The van der Waals surface area contributed by atoms with Crippen molar-refractivity contribution in [3.05, 3.63) is 73.7 Å². The van der Waals surface area contributed by atoms with Gasteiger partial charge in [0.25, 0.3) is 5.56 Å². The third-order valence-corrected chi connectivity index (χ3v) is 6.84. The Kier molecular flexibility index (Phi) is 7.48. The summed E-state index contributed by atoms with van der Waals surface area (Å²) in [5, 5.41) is 3.74. The molecule has 0 amide bonds. The highest BCUT2D eigenvalue weighted by Gasteiger charge is 2.36. The van der Waals surface area contributed by atoms with E-state index >= 15 is 0 Å². The van der Waals surface area contributed by atoms with E-state index in [-0.39, 0.29) is 42.0 Å². The smallest absolute Gasteiger partial charge is 0.389 e. The molecule has 5 rings (SSSR count). The number of benzene rings is 1. The molecule has 0 bridgehead atoms. The summed E-state index contributed by atoms with van der Waals surface area (Å²) in [6.45, 7) is 0.787. The molecule has 1 aromatic carbocycles. The molecule has 2 aliphatic heterocycles. The second-order valence-electron chi connectivity index (χ2n) is 8.93. The van der Waals surface area contributed by atoms with Crippen LogP contribution in [0.25, 0.3) is 17.2 Å². The zero-order valence-electron chi connectivity index (χ0n) is 19.8. The molecule has 0 radical (unpaired) electrons. The van der Waals surface area contributed by atoms with E-state index in [1.807, 2.05) is 11.1 Å². The molecule has 1 unspecified atom stereocenters. The van der Waals surface area contributed by atoms with Crippen LogP contribution in [0, 0.1) is 5.92 Å².